The summed E-state index contributed by atoms with van der Waals surface area (Å²) < 4.78 is 19.5. The maximum atomic E-state index is 14.6. The molecule has 0 saturated carbocycles. The highest BCUT2D eigenvalue weighted by atomic mass is 19.1. The smallest absolute Gasteiger partial charge is 0.412 e. The molecule has 1 saturated heterocycles. The van der Waals surface area contributed by atoms with Gasteiger partial charge in [-0.25, -0.2) is 9.18 Å². The molecule has 1 atom stereocenters. The molecule has 98 valence electrons. The van der Waals surface area contributed by atoms with Gasteiger partial charge in [-0.05, 0) is 20.3 Å². The number of halogens is 1. The summed E-state index contributed by atoms with van der Waals surface area (Å²) >= 11 is 0. The van der Waals surface area contributed by atoms with Crippen molar-refractivity contribution in [2.24, 2.45) is 0 Å². The monoisotopic (exact) mass is 246 g/mol. The first kappa shape index (κ1) is 13.7. The molecule has 0 spiro atoms. The molecule has 0 N–H and O–H groups in total. The number of nitrogens with zero attached hydrogens (tertiary/aromatic N) is 2. The molecule has 1 aliphatic heterocycles. The topological polar surface area (TPSA) is 49.9 Å². The van der Waals surface area contributed by atoms with Crippen molar-refractivity contribution in [1.29, 1.82) is 0 Å². The fraction of sp³-hybridized carbons (Fsp3) is 0.818. The third-order valence-electron chi connectivity index (χ3n) is 2.61. The molecule has 2 amide bonds. The number of likely N-dealkylation sites (tertiary alicyclic amines) is 1. The van der Waals surface area contributed by atoms with E-state index in [0.29, 0.717) is 6.42 Å². The number of amides is 2. The Morgan fingerprint density at radius 3 is 2.47 bits per heavy atom. The van der Waals surface area contributed by atoms with E-state index in [9.17, 15) is 14.0 Å². The van der Waals surface area contributed by atoms with E-state index >= 15 is 0 Å². The van der Waals surface area contributed by atoms with Crippen molar-refractivity contribution in [3.05, 3.63) is 0 Å². The van der Waals surface area contributed by atoms with Gasteiger partial charge in [0.15, 0.2) is 0 Å². The molecule has 0 bridgehead atoms. The third-order valence-corrected chi connectivity index (χ3v) is 2.61. The Balaban J connectivity index is 2.85. The Morgan fingerprint density at radius 2 is 2.00 bits per heavy atom. The van der Waals surface area contributed by atoms with Crippen LogP contribution in [0.25, 0.3) is 0 Å². The lowest BCUT2D eigenvalue weighted by atomic mass is 10.1. The van der Waals surface area contributed by atoms with Crippen LogP contribution in [0.3, 0.4) is 0 Å². The number of carbonyl (C=O) groups is 2. The van der Waals surface area contributed by atoms with E-state index in [1.54, 1.807) is 13.8 Å². The summed E-state index contributed by atoms with van der Waals surface area (Å²) in [6, 6.07) is 0. The van der Waals surface area contributed by atoms with E-state index in [0.717, 1.165) is 9.80 Å². The largest absolute Gasteiger partial charge is 0.447 e. The van der Waals surface area contributed by atoms with E-state index in [1.165, 1.54) is 14.1 Å². The van der Waals surface area contributed by atoms with Gasteiger partial charge in [0.1, 0.15) is 0 Å². The second-order valence-electron chi connectivity index (χ2n) is 4.65. The average molecular weight is 246 g/mol. The summed E-state index contributed by atoms with van der Waals surface area (Å²) in [5, 5.41) is 0. The van der Waals surface area contributed by atoms with Gasteiger partial charge in [-0.15, -0.1) is 0 Å². The molecule has 0 aromatic heterocycles. The van der Waals surface area contributed by atoms with E-state index in [4.69, 9.17) is 4.74 Å². The Morgan fingerprint density at radius 1 is 1.41 bits per heavy atom. The Hall–Kier alpha value is -1.33. The number of hydrogen-bond acceptors (Lipinski definition) is 3. The summed E-state index contributed by atoms with van der Waals surface area (Å²) in [4.78, 5) is 25.5. The van der Waals surface area contributed by atoms with E-state index in [2.05, 4.69) is 0 Å². The fourth-order valence-electron chi connectivity index (χ4n) is 1.85. The molecule has 1 unspecified atom stereocenters. The second kappa shape index (κ2) is 4.89. The Bertz CT molecular complexity index is 320. The van der Waals surface area contributed by atoms with Gasteiger partial charge in [0.25, 0.3) is 11.7 Å². The van der Waals surface area contributed by atoms with Gasteiger partial charge in [0.2, 0.25) is 0 Å². The lowest BCUT2D eigenvalue weighted by molar-refractivity contribution is -0.151. The van der Waals surface area contributed by atoms with Crippen LogP contribution in [-0.4, -0.2) is 54.3 Å². The van der Waals surface area contributed by atoms with E-state index in [-0.39, 0.29) is 19.1 Å². The summed E-state index contributed by atoms with van der Waals surface area (Å²) in [6.45, 7) is 3.57. The normalized spacial score (nSPS) is 24.0. The molecular weight excluding hydrogens is 227 g/mol. The highest BCUT2D eigenvalue weighted by Crippen LogP contribution is 2.33. The van der Waals surface area contributed by atoms with Crippen LogP contribution in [0.1, 0.15) is 26.7 Å². The van der Waals surface area contributed by atoms with Gasteiger partial charge in [-0.2, -0.15) is 0 Å². The third kappa shape index (κ3) is 2.68. The quantitative estimate of drug-likeness (QED) is 0.692. The van der Waals surface area contributed by atoms with Gasteiger partial charge in [0, 0.05) is 27.1 Å². The molecule has 0 aliphatic carbocycles. The minimum Gasteiger partial charge on any atom is -0.447 e. The van der Waals surface area contributed by atoms with Crippen molar-refractivity contribution in [3.8, 4) is 0 Å². The predicted octanol–water partition coefficient (Wildman–Crippen LogP) is 1.38. The van der Waals surface area contributed by atoms with Gasteiger partial charge in [0.05, 0.1) is 6.10 Å². The van der Waals surface area contributed by atoms with E-state index in [1.807, 2.05) is 0 Å². The van der Waals surface area contributed by atoms with Crippen LogP contribution in [0.4, 0.5) is 9.18 Å². The van der Waals surface area contributed by atoms with Crippen LogP contribution in [-0.2, 0) is 9.53 Å². The molecule has 6 heteroatoms. The molecule has 0 aromatic carbocycles. The summed E-state index contributed by atoms with van der Waals surface area (Å²) in [5.41, 5.74) is 0. The van der Waals surface area contributed by atoms with Crippen molar-refractivity contribution >= 4 is 12.0 Å². The minimum absolute atomic E-state index is 0.0250. The number of hydrogen-bond donors (Lipinski definition) is 0. The molecule has 1 rings (SSSR count). The van der Waals surface area contributed by atoms with Crippen molar-refractivity contribution < 1.29 is 18.7 Å². The van der Waals surface area contributed by atoms with Gasteiger partial charge >= 0.3 is 6.09 Å². The molecule has 0 radical (unpaired) electrons. The van der Waals surface area contributed by atoms with Crippen LogP contribution in [0, 0.1) is 0 Å². The van der Waals surface area contributed by atoms with Crippen molar-refractivity contribution in [2.45, 2.75) is 38.6 Å². The lowest BCUT2D eigenvalue weighted by Gasteiger charge is -2.31. The summed E-state index contributed by atoms with van der Waals surface area (Å²) in [5.74, 6) is -2.97. The Kier molecular flexibility index (Phi) is 3.95. The summed E-state index contributed by atoms with van der Waals surface area (Å²) in [7, 11) is 2.93. The average Bonchev–Trinajstić information content (AvgIpc) is 2.59. The molecule has 0 aromatic rings. The fourth-order valence-corrected chi connectivity index (χ4v) is 1.85. The van der Waals surface area contributed by atoms with Crippen LogP contribution in [0.2, 0.25) is 0 Å². The zero-order chi connectivity index (χ0) is 13.2. The number of likely N-dealkylation sites (N-methyl/N-ethyl adjacent to an activating group) is 1. The standard InChI is InChI=1S/C11H19FN2O3/c1-8(2)17-10(16)14-7-5-6-11(14,12)9(15)13(3)4/h8H,5-7H2,1-4H3. The first-order chi connectivity index (χ1) is 7.79. The molecule has 5 nitrogen and oxygen atoms in total. The second-order valence-corrected chi connectivity index (χ2v) is 4.65. The number of carbonyl (C=O) groups excluding carboxylic acids is 2. The maximum absolute atomic E-state index is 14.6. The SMILES string of the molecule is CC(C)OC(=O)N1CCCC1(F)C(=O)N(C)C. The predicted molar refractivity (Wildman–Crippen MR) is 60.1 cm³/mol. The lowest BCUT2D eigenvalue weighted by Crippen LogP contribution is -2.54. The number of alkyl halides is 1. The molecule has 1 fully saturated rings. The zero-order valence-electron chi connectivity index (χ0n) is 10.7. The molecule has 17 heavy (non-hydrogen) atoms. The molecular formula is C11H19FN2O3. The first-order valence-corrected chi connectivity index (χ1v) is 5.68. The summed E-state index contributed by atoms with van der Waals surface area (Å²) in [6.07, 6.45) is -0.613. The highest BCUT2D eigenvalue weighted by molar-refractivity contribution is 5.88. The highest BCUT2D eigenvalue weighted by Gasteiger charge is 2.52. The van der Waals surface area contributed by atoms with Crippen LogP contribution >= 0.6 is 0 Å². The maximum Gasteiger partial charge on any atom is 0.412 e. The van der Waals surface area contributed by atoms with E-state index < -0.39 is 17.8 Å². The van der Waals surface area contributed by atoms with Crippen LogP contribution in [0.15, 0.2) is 0 Å². The van der Waals surface area contributed by atoms with Crippen LogP contribution < -0.4 is 0 Å². The molecule has 1 aliphatic rings. The first-order valence-electron chi connectivity index (χ1n) is 5.68. The minimum atomic E-state index is -2.25. The van der Waals surface area contributed by atoms with Crippen molar-refractivity contribution in [2.75, 3.05) is 20.6 Å². The van der Waals surface area contributed by atoms with Crippen molar-refractivity contribution in [3.63, 3.8) is 0 Å². The van der Waals surface area contributed by atoms with Gasteiger partial charge in [-0.3, -0.25) is 9.69 Å². The Labute approximate surface area is 101 Å². The zero-order valence-corrected chi connectivity index (χ0v) is 10.7. The molecule has 1 heterocycles. The van der Waals surface area contributed by atoms with Crippen molar-refractivity contribution in [1.82, 2.24) is 9.80 Å². The van der Waals surface area contributed by atoms with Gasteiger partial charge in [-0.1, -0.05) is 0 Å². The van der Waals surface area contributed by atoms with Crippen LogP contribution in [0.5, 0.6) is 0 Å². The number of ether oxygens (including phenoxy) is 1. The number of rotatable bonds is 2. The van der Waals surface area contributed by atoms with Gasteiger partial charge < -0.3 is 9.64 Å².